The summed E-state index contributed by atoms with van der Waals surface area (Å²) in [5, 5.41) is 31.3. The van der Waals surface area contributed by atoms with Crippen LogP contribution in [0.3, 0.4) is 0 Å². The fourth-order valence-corrected chi connectivity index (χ4v) is 3.89. The van der Waals surface area contributed by atoms with Gasteiger partial charge in [-0.25, -0.2) is 4.79 Å². The number of amides is 2. The molecule has 0 bridgehead atoms. The quantitative estimate of drug-likeness (QED) is 0.0862. The summed E-state index contributed by atoms with van der Waals surface area (Å²) < 4.78 is 10.9. The number of hydrogen-bond donors (Lipinski definition) is 6. The highest BCUT2D eigenvalue weighted by molar-refractivity contribution is 6.33. The predicted octanol–water partition coefficient (Wildman–Crippen LogP) is 2.47. The molecule has 13 nitrogen and oxygen atoms in total. The lowest BCUT2D eigenvalue weighted by atomic mass is 10.0. The van der Waals surface area contributed by atoms with Crippen molar-refractivity contribution in [2.24, 2.45) is 5.73 Å². The number of nitrogens with one attached hydrogen (secondary N) is 3. The molecule has 7 N–H and O–H groups in total. The van der Waals surface area contributed by atoms with E-state index in [1.54, 1.807) is 36.4 Å². The number of carboxylic acids is 2. The number of nitrogens with two attached hydrogens (primary N) is 1. The van der Waals surface area contributed by atoms with Crippen molar-refractivity contribution in [3.05, 3.63) is 89.0 Å². The number of Topliss-reactive ketones (excluding diaryl/α,β-unsaturated/α-hetero) is 1. The Hall–Kier alpha value is -5.72. The molecule has 3 rings (SSSR count). The molecular weight excluding hydrogens is 560 g/mol. The summed E-state index contributed by atoms with van der Waals surface area (Å²) in [7, 11) is 1.51. The number of anilines is 1. The molecule has 0 aliphatic carbocycles. The molecule has 3 aromatic carbocycles. The van der Waals surface area contributed by atoms with Gasteiger partial charge in [-0.05, 0) is 55.0 Å². The van der Waals surface area contributed by atoms with Crippen LogP contribution >= 0.6 is 0 Å². The van der Waals surface area contributed by atoms with E-state index in [1.165, 1.54) is 37.4 Å². The van der Waals surface area contributed by atoms with Crippen LogP contribution in [0.2, 0.25) is 0 Å². The van der Waals surface area contributed by atoms with Gasteiger partial charge in [-0.3, -0.25) is 24.6 Å². The summed E-state index contributed by atoms with van der Waals surface area (Å²) >= 11 is 0. The van der Waals surface area contributed by atoms with Crippen LogP contribution in [0, 0.1) is 5.41 Å². The van der Waals surface area contributed by atoms with E-state index >= 15 is 0 Å². The third-order valence-corrected chi connectivity index (χ3v) is 6.18. The average Bonchev–Trinajstić information content (AvgIpc) is 2.98. The molecule has 13 heteroatoms. The van der Waals surface area contributed by atoms with Gasteiger partial charge in [0.1, 0.15) is 23.9 Å². The van der Waals surface area contributed by atoms with E-state index in [1.807, 2.05) is 0 Å². The van der Waals surface area contributed by atoms with Crippen molar-refractivity contribution in [3.63, 3.8) is 0 Å². The second-order valence-corrected chi connectivity index (χ2v) is 9.32. The Kier molecular flexibility index (Phi) is 10.9. The number of amidine groups is 1. The van der Waals surface area contributed by atoms with Crippen LogP contribution in [0.25, 0.3) is 0 Å². The highest BCUT2D eigenvalue weighted by Crippen LogP contribution is 2.23. The SMILES string of the molecule is COc1ccc(C(=O)Nc2cccc(C(=O)N[C@H](CCC(=O)O)COc3cc(C(=N)N)ccc3CC(=O)C(=O)O)c2)cc1. The molecule has 2 amide bonds. The minimum atomic E-state index is -1.63. The Labute approximate surface area is 246 Å². The van der Waals surface area contributed by atoms with Crippen molar-refractivity contribution in [1.82, 2.24) is 5.32 Å². The third kappa shape index (κ3) is 9.42. The monoisotopic (exact) mass is 590 g/mol. The normalized spacial score (nSPS) is 11.1. The Morgan fingerprint density at radius 2 is 1.60 bits per heavy atom. The molecule has 0 spiro atoms. The van der Waals surface area contributed by atoms with Crippen molar-refractivity contribution in [2.75, 3.05) is 19.0 Å². The second-order valence-electron chi connectivity index (χ2n) is 9.32. The molecule has 224 valence electrons. The van der Waals surface area contributed by atoms with Crippen molar-refractivity contribution in [1.29, 1.82) is 5.41 Å². The summed E-state index contributed by atoms with van der Waals surface area (Å²) in [4.78, 5) is 59.9. The smallest absolute Gasteiger partial charge is 0.372 e. The zero-order chi connectivity index (χ0) is 31.5. The molecule has 0 radical (unpaired) electrons. The first-order valence-corrected chi connectivity index (χ1v) is 12.9. The molecule has 0 aliphatic heterocycles. The maximum Gasteiger partial charge on any atom is 0.372 e. The summed E-state index contributed by atoms with van der Waals surface area (Å²) in [5.41, 5.74) is 6.91. The van der Waals surface area contributed by atoms with Crippen molar-refractivity contribution >= 4 is 41.1 Å². The van der Waals surface area contributed by atoms with Gasteiger partial charge >= 0.3 is 11.9 Å². The lowest BCUT2D eigenvalue weighted by Crippen LogP contribution is -2.39. The second kappa shape index (κ2) is 14.8. The van der Waals surface area contributed by atoms with Crippen molar-refractivity contribution in [2.45, 2.75) is 25.3 Å². The number of carbonyl (C=O) groups is 5. The van der Waals surface area contributed by atoms with Gasteiger partial charge in [0, 0.05) is 40.8 Å². The number of rotatable bonds is 15. The molecule has 0 aliphatic rings. The van der Waals surface area contributed by atoms with Gasteiger partial charge in [0.2, 0.25) is 5.78 Å². The Morgan fingerprint density at radius 3 is 2.23 bits per heavy atom. The number of hydrogen-bond acceptors (Lipinski definition) is 8. The number of carbonyl (C=O) groups excluding carboxylic acids is 3. The lowest BCUT2D eigenvalue weighted by molar-refractivity contribution is -0.148. The standard InChI is InChI=1S/C30H30N4O9/c1-42-23-10-7-17(8-11-23)28(38)33-21-4-2-3-20(13-21)29(39)34-22(9-12-26(36)37)16-43-25-15-19(27(31)32)6-5-18(25)14-24(35)30(40)41/h2-8,10-11,13,15,22H,9,12,14,16H2,1H3,(H3,31,32)(H,33,38)(H,34,39)(H,36,37)(H,40,41)/t22-/m1/s1. The predicted molar refractivity (Wildman–Crippen MR) is 155 cm³/mol. The van der Waals surface area contributed by atoms with E-state index < -0.39 is 42.0 Å². The van der Waals surface area contributed by atoms with Crippen LogP contribution in [0.5, 0.6) is 11.5 Å². The zero-order valence-electron chi connectivity index (χ0n) is 23.1. The Morgan fingerprint density at radius 1 is 0.907 bits per heavy atom. The van der Waals surface area contributed by atoms with Crippen LogP contribution in [0.15, 0.2) is 66.7 Å². The Bertz CT molecular complexity index is 1540. The molecule has 43 heavy (non-hydrogen) atoms. The van der Waals surface area contributed by atoms with Crippen molar-refractivity contribution < 1.29 is 43.7 Å². The minimum Gasteiger partial charge on any atom is -0.497 e. The first kappa shape index (κ1) is 31.8. The van der Waals surface area contributed by atoms with Crippen LogP contribution in [0.1, 0.15) is 44.7 Å². The molecule has 1 atom stereocenters. The van der Waals surface area contributed by atoms with Gasteiger partial charge in [-0.15, -0.1) is 0 Å². The Balaban J connectivity index is 1.75. The van der Waals surface area contributed by atoms with Gasteiger partial charge in [0.15, 0.2) is 0 Å². The van der Waals surface area contributed by atoms with E-state index in [0.29, 0.717) is 17.0 Å². The molecule has 0 heterocycles. The number of aliphatic carboxylic acids is 2. The van der Waals surface area contributed by atoms with Crippen LogP contribution < -0.4 is 25.8 Å². The van der Waals surface area contributed by atoms with Gasteiger partial charge in [-0.2, -0.15) is 0 Å². The third-order valence-electron chi connectivity index (χ3n) is 6.18. The number of nitrogen functional groups attached to an aromatic ring is 1. The first-order valence-electron chi connectivity index (χ1n) is 12.9. The highest BCUT2D eigenvalue weighted by Gasteiger charge is 2.20. The fourth-order valence-electron chi connectivity index (χ4n) is 3.89. The first-order chi connectivity index (χ1) is 20.5. The average molecular weight is 591 g/mol. The number of carboxylic acid groups (broad SMARTS) is 2. The summed E-state index contributed by atoms with van der Waals surface area (Å²) in [5.74, 6) is -4.44. The number of ketones is 1. The number of methoxy groups -OCH3 is 1. The number of ether oxygens (including phenoxy) is 2. The van der Waals surface area contributed by atoms with Gasteiger partial charge in [0.05, 0.1) is 13.2 Å². The minimum absolute atomic E-state index is 0.0231. The lowest BCUT2D eigenvalue weighted by Gasteiger charge is -2.20. The van der Waals surface area contributed by atoms with Gasteiger partial charge < -0.3 is 36.1 Å². The van der Waals surface area contributed by atoms with E-state index in [9.17, 15) is 29.1 Å². The van der Waals surface area contributed by atoms with E-state index in [-0.39, 0.29) is 47.7 Å². The largest absolute Gasteiger partial charge is 0.497 e. The van der Waals surface area contributed by atoms with Crippen LogP contribution in [-0.2, 0) is 20.8 Å². The van der Waals surface area contributed by atoms with E-state index in [0.717, 1.165) is 0 Å². The zero-order valence-corrected chi connectivity index (χ0v) is 23.1. The van der Waals surface area contributed by atoms with E-state index in [2.05, 4.69) is 10.6 Å². The maximum atomic E-state index is 13.1. The van der Waals surface area contributed by atoms with E-state index in [4.69, 9.17) is 25.7 Å². The maximum absolute atomic E-state index is 13.1. The van der Waals surface area contributed by atoms with Gasteiger partial charge in [0.25, 0.3) is 11.8 Å². The summed E-state index contributed by atoms with van der Waals surface area (Å²) in [6, 6.07) is 16.0. The van der Waals surface area contributed by atoms with Gasteiger partial charge in [-0.1, -0.05) is 18.2 Å². The topological polar surface area (TPSA) is 218 Å². The number of benzene rings is 3. The molecular formula is C30H30N4O9. The molecule has 0 saturated carbocycles. The van der Waals surface area contributed by atoms with Crippen LogP contribution in [-0.4, -0.2) is 65.3 Å². The molecule has 0 unspecified atom stereocenters. The molecule has 3 aromatic rings. The highest BCUT2D eigenvalue weighted by atomic mass is 16.5. The fraction of sp³-hybridized carbons (Fsp3) is 0.200. The summed E-state index contributed by atoms with van der Waals surface area (Å²) in [6.07, 6.45) is -0.821. The van der Waals surface area contributed by atoms with Crippen LogP contribution in [0.4, 0.5) is 5.69 Å². The van der Waals surface area contributed by atoms with Crippen molar-refractivity contribution in [3.8, 4) is 11.5 Å². The molecule has 0 aromatic heterocycles. The molecule has 0 fully saturated rings. The summed E-state index contributed by atoms with van der Waals surface area (Å²) in [6.45, 7) is -0.247. The molecule has 0 saturated heterocycles.